The van der Waals surface area contributed by atoms with Crippen LogP contribution in [-0.2, 0) is 13.2 Å². The van der Waals surface area contributed by atoms with Gasteiger partial charge < -0.3 is 9.64 Å². The van der Waals surface area contributed by atoms with Crippen LogP contribution in [0.3, 0.4) is 0 Å². The van der Waals surface area contributed by atoms with E-state index in [1.54, 1.807) is 25.2 Å². The van der Waals surface area contributed by atoms with Crippen molar-refractivity contribution in [2.45, 2.75) is 45.7 Å². The fraction of sp³-hybridized carbons (Fsp3) is 0.550. The van der Waals surface area contributed by atoms with Crippen LogP contribution in [0.5, 0.6) is 5.75 Å². The number of alkyl halides is 3. The zero-order chi connectivity index (χ0) is 20.0. The van der Waals surface area contributed by atoms with Gasteiger partial charge in [0.05, 0.1) is 24.0 Å². The van der Waals surface area contributed by atoms with Crippen LogP contribution in [0, 0.1) is 0 Å². The third-order valence-corrected chi connectivity index (χ3v) is 4.47. The lowest BCUT2D eigenvalue weighted by Crippen LogP contribution is -2.29. The number of aromatic nitrogens is 2. The second kappa shape index (κ2) is 9.15. The summed E-state index contributed by atoms with van der Waals surface area (Å²) in [5.74, 6) is 0.468. The van der Waals surface area contributed by atoms with E-state index in [0.29, 0.717) is 30.2 Å². The summed E-state index contributed by atoms with van der Waals surface area (Å²) < 4.78 is 47.0. The molecular weight excluding hydrogens is 355 g/mol. The molecule has 0 fully saturated rings. The molecule has 4 nitrogen and oxygen atoms in total. The standard InChI is InChI=1S/C14H14F3N3O.C6H14/c1-19-3-4-21-13-5-10(9-7-18-20(2)8-9)11(6-12(13)19)14(15,16)17;1-3-5-6-4-2/h5-8H,3-4H2,1-2H3;3-6H2,1-2H3. The maximum atomic E-state index is 13.4. The van der Waals surface area contributed by atoms with Gasteiger partial charge in [0, 0.05) is 31.4 Å². The number of anilines is 1. The minimum Gasteiger partial charge on any atom is -0.490 e. The molecule has 0 spiro atoms. The Morgan fingerprint density at radius 2 is 1.78 bits per heavy atom. The van der Waals surface area contributed by atoms with Crippen LogP contribution in [-0.4, -0.2) is 30.0 Å². The Morgan fingerprint density at radius 1 is 1.11 bits per heavy atom. The van der Waals surface area contributed by atoms with Crippen LogP contribution < -0.4 is 9.64 Å². The van der Waals surface area contributed by atoms with E-state index in [4.69, 9.17) is 4.74 Å². The Balaban J connectivity index is 0.000000380. The first-order valence-corrected chi connectivity index (χ1v) is 9.36. The van der Waals surface area contributed by atoms with E-state index >= 15 is 0 Å². The maximum absolute atomic E-state index is 13.4. The average molecular weight is 383 g/mol. The summed E-state index contributed by atoms with van der Waals surface area (Å²) >= 11 is 0. The molecule has 0 aliphatic carbocycles. The summed E-state index contributed by atoms with van der Waals surface area (Å²) in [5, 5.41) is 3.94. The van der Waals surface area contributed by atoms with Crippen LogP contribution >= 0.6 is 0 Å². The number of unbranched alkanes of at least 4 members (excludes halogenated alkanes) is 3. The minimum atomic E-state index is -4.43. The Bertz CT molecular complexity index is 737. The molecule has 0 saturated carbocycles. The highest BCUT2D eigenvalue weighted by Crippen LogP contribution is 2.44. The van der Waals surface area contributed by atoms with Gasteiger partial charge >= 0.3 is 6.18 Å². The molecule has 0 radical (unpaired) electrons. The second-order valence-electron chi connectivity index (χ2n) is 6.74. The Labute approximate surface area is 158 Å². The summed E-state index contributed by atoms with van der Waals surface area (Å²) in [5.41, 5.74) is 0.293. The van der Waals surface area contributed by atoms with Crippen molar-refractivity contribution in [2.75, 3.05) is 25.1 Å². The van der Waals surface area contributed by atoms with Gasteiger partial charge in [-0.1, -0.05) is 39.5 Å². The number of nitrogens with zero attached hydrogens (tertiary/aromatic N) is 3. The third-order valence-electron chi connectivity index (χ3n) is 4.47. The fourth-order valence-electron chi connectivity index (χ4n) is 2.93. The number of halogens is 3. The molecule has 1 aliphatic rings. The molecule has 0 unspecified atom stereocenters. The van der Waals surface area contributed by atoms with Crippen LogP contribution in [0.25, 0.3) is 11.1 Å². The monoisotopic (exact) mass is 383 g/mol. The maximum Gasteiger partial charge on any atom is 0.417 e. The van der Waals surface area contributed by atoms with Gasteiger partial charge in [-0.2, -0.15) is 18.3 Å². The largest absolute Gasteiger partial charge is 0.490 e. The van der Waals surface area contributed by atoms with Crippen molar-refractivity contribution >= 4 is 5.69 Å². The van der Waals surface area contributed by atoms with Gasteiger partial charge in [0.15, 0.2) is 0 Å². The summed E-state index contributed by atoms with van der Waals surface area (Å²) in [7, 11) is 3.42. The highest BCUT2D eigenvalue weighted by atomic mass is 19.4. The number of fused-ring (bicyclic) bond motifs is 1. The molecule has 1 aliphatic heterocycles. The van der Waals surface area contributed by atoms with Crippen molar-refractivity contribution in [2.24, 2.45) is 7.05 Å². The van der Waals surface area contributed by atoms with E-state index in [-0.39, 0.29) is 5.56 Å². The molecule has 2 aromatic rings. The lowest BCUT2D eigenvalue weighted by atomic mass is 9.99. The predicted molar refractivity (Wildman–Crippen MR) is 102 cm³/mol. The van der Waals surface area contributed by atoms with Crippen molar-refractivity contribution in [1.29, 1.82) is 0 Å². The molecule has 1 aromatic heterocycles. The second-order valence-corrected chi connectivity index (χ2v) is 6.74. The molecule has 3 rings (SSSR count). The normalized spacial score (nSPS) is 13.5. The number of rotatable bonds is 4. The zero-order valence-corrected chi connectivity index (χ0v) is 16.4. The molecule has 0 amide bonds. The molecule has 0 atom stereocenters. The predicted octanol–water partition coefficient (Wildman–Crippen LogP) is 5.52. The van der Waals surface area contributed by atoms with Gasteiger partial charge in [-0.25, -0.2) is 0 Å². The van der Waals surface area contributed by atoms with Gasteiger partial charge in [0.1, 0.15) is 12.4 Å². The highest BCUT2D eigenvalue weighted by Gasteiger charge is 2.36. The summed E-state index contributed by atoms with van der Waals surface area (Å²) in [4.78, 5) is 1.76. The van der Waals surface area contributed by atoms with E-state index < -0.39 is 11.7 Å². The first-order chi connectivity index (χ1) is 12.8. The van der Waals surface area contributed by atoms with Crippen molar-refractivity contribution in [3.8, 4) is 16.9 Å². The van der Waals surface area contributed by atoms with E-state index in [2.05, 4.69) is 18.9 Å². The third kappa shape index (κ3) is 5.40. The molecule has 0 N–H and O–H groups in total. The lowest BCUT2D eigenvalue weighted by molar-refractivity contribution is -0.137. The van der Waals surface area contributed by atoms with Crippen LogP contribution in [0.4, 0.5) is 18.9 Å². The van der Waals surface area contributed by atoms with Crippen LogP contribution in [0.2, 0.25) is 0 Å². The summed E-state index contributed by atoms with van der Waals surface area (Å²) in [6, 6.07) is 2.60. The first-order valence-electron chi connectivity index (χ1n) is 9.36. The Morgan fingerprint density at radius 3 is 2.30 bits per heavy atom. The van der Waals surface area contributed by atoms with Crippen molar-refractivity contribution in [3.05, 3.63) is 30.1 Å². The molecular formula is C20H28F3N3O. The van der Waals surface area contributed by atoms with Crippen molar-refractivity contribution in [1.82, 2.24) is 9.78 Å². The molecule has 150 valence electrons. The molecule has 7 heteroatoms. The van der Waals surface area contributed by atoms with Crippen LogP contribution in [0.1, 0.15) is 45.1 Å². The van der Waals surface area contributed by atoms with E-state index in [1.807, 2.05) is 0 Å². The van der Waals surface area contributed by atoms with Crippen molar-refractivity contribution in [3.63, 3.8) is 0 Å². The van der Waals surface area contributed by atoms with Gasteiger partial charge in [-0.3, -0.25) is 4.68 Å². The first kappa shape index (κ1) is 21.1. The number of ether oxygens (including phenoxy) is 1. The van der Waals surface area contributed by atoms with E-state index in [9.17, 15) is 13.2 Å². The minimum absolute atomic E-state index is 0.0876. The quantitative estimate of drug-likeness (QED) is 0.651. The smallest absolute Gasteiger partial charge is 0.417 e. The number of hydrogen-bond donors (Lipinski definition) is 0. The number of likely N-dealkylation sites (N-methyl/N-ethyl adjacent to an activating group) is 1. The topological polar surface area (TPSA) is 30.3 Å². The van der Waals surface area contributed by atoms with Crippen molar-refractivity contribution < 1.29 is 17.9 Å². The number of aryl methyl sites for hydroxylation is 1. The lowest BCUT2D eigenvalue weighted by Gasteiger charge is -2.29. The molecule has 1 aromatic carbocycles. The SMILES string of the molecule is CCCCCC.CN1CCOc2cc(-c3cnn(C)c3)c(C(F)(F)F)cc21. The summed E-state index contributed by atoms with van der Waals surface area (Å²) in [6.45, 7) is 5.49. The van der Waals surface area contributed by atoms with Gasteiger partial charge in [-0.15, -0.1) is 0 Å². The number of benzene rings is 1. The Kier molecular flexibility index (Phi) is 7.16. The Hall–Kier alpha value is -2.18. The van der Waals surface area contributed by atoms with Gasteiger partial charge in [0.2, 0.25) is 0 Å². The fourth-order valence-corrected chi connectivity index (χ4v) is 2.93. The van der Waals surface area contributed by atoms with Crippen LogP contribution in [0.15, 0.2) is 24.5 Å². The van der Waals surface area contributed by atoms with Gasteiger partial charge in [-0.05, 0) is 12.1 Å². The summed E-state index contributed by atoms with van der Waals surface area (Å²) in [6.07, 6.45) is 4.08. The molecule has 0 saturated heterocycles. The highest BCUT2D eigenvalue weighted by molar-refractivity contribution is 5.75. The molecule has 27 heavy (non-hydrogen) atoms. The van der Waals surface area contributed by atoms with E-state index in [1.165, 1.54) is 42.6 Å². The van der Waals surface area contributed by atoms with E-state index in [0.717, 1.165) is 6.07 Å². The zero-order valence-electron chi connectivity index (χ0n) is 16.4. The van der Waals surface area contributed by atoms with Gasteiger partial charge in [0.25, 0.3) is 0 Å². The number of hydrogen-bond acceptors (Lipinski definition) is 3. The molecule has 0 bridgehead atoms. The average Bonchev–Trinajstić information content (AvgIpc) is 3.05. The molecule has 2 heterocycles.